The molecule has 5 nitrogen and oxygen atoms in total. The van der Waals surface area contributed by atoms with Crippen LogP contribution in [0.2, 0.25) is 5.15 Å². The highest BCUT2D eigenvalue weighted by molar-refractivity contribution is 6.31. The van der Waals surface area contributed by atoms with Gasteiger partial charge in [-0.2, -0.15) is 10.4 Å². The zero-order valence-corrected chi connectivity index (χ0v) is 15.0. The van der Waals surface area contributed by atoms with E-state index in [1.807, 2.05) is 36.4 Å². The van der Waals surface area contributed by atoms with Crippen LogP contribution in [0.15, 0.2) is 60.2 Å². The highest BCUT2D eigenvalue weighted by Crippen LogP contribution is 2.26. The van der Waals surface area contributed by atoms with E-state index in [9.17, 15) is 14.4 Å². The maximum absolute atomic E-state index is 13.7. The molecule has 0 saturated carbocycles. The van der Waals surface area contributed by atoms with Gasteiger partial charge in [-0.25, -0.2) is 9.07 Å². The largest absolute Gasteiger partial charge is 0.319 e. The average Bonchev–Trinajstić information content (AvgIpc) is 2.96. The van der Waals surface area contributed by atoms with Gasteiger partial charge in [0.2, 0.25) is 0 Å². The minimum atomic E-state index is -0.731. The number of carbonyl (C=O) groups is 1. The third-order valence-corrected chi connectivity index (χ3v) is 4.19. The van der Waals surface area contributed by atoms with Crippen molar-refractivity contribution in [2.75, 3.05) is 5.32 Å². The molecule has 0 aliphatic rings. The molecule has 0 radical (unpaired) electrons. The molecule has 0 bridgehead atoms. The Labute approximate surface area is 160 Å². The number of amides is 1. The number of hydrogen-bond acceptors (Lipinski definition) is 3. The van der Waals surface area contributed by atoms with Crippen molar-refractivity contribution in [2.24, 2.45) is 0 Å². The number of carbonyl (C=O) groups excluding carboxylic acids is 1. The van der Waals surface area contributed by atoms with E-state index in [1.54, 1.807) is 13.0 Å². The Bertz CT molecular complexity index is 1070. The van der Waals surface area contributed by atoms with E-state index in [1.165, 1.54) is 29.0 Å². The second-order valence-electron chi connectivity index (χ2n) is 5.64. The van der Waals surface area contributed by atoms with E-state index in [0.29, 0.717) is 11.3 Å². The van der Waals surface area contributed by atoms with Crippen molar-refractivity contribution in [1.29, 1.82) is 5.26 Å². The number of halogens is 2. The molecule has 1 aromatic heterocycles. The SMILES string of the molecule is Cc1nn(-c2ccccc2)c(Cl)c1/C=C(\C#N)C(=O)Nc1ccccc1F. The van der Waals surface area contributed by atoms with Crippen molar-refractivity contribution in [1.82, 2.24) is 9.78 Å². The lowest BCUT2D eigenvalue weighted by molar-refractivity contribution is -0.112. The second kappa shape index (κ2) is 7.85. The predicted molar refractivity (Wildman–Crippen MR) is 102 cm³/mol. The molecule has 0 aliphatic carbocycles. The molecule has 1 N–H and O–H groups in total. The Balaban J connectivity index is 1.95. The van der Waals surface area contributed by atoms with Gasteiger partial charge in [-0.15, -0.1) is 0 Å². The first kappa shape index (κ1) is 18.4. The summed E-state index contributed by atoms with van der Waals surface area (Å²) in [4.78, 5) is 12.4. The first-order valence-electron chi connectivity index (χ1n) is 7.99. The van der Waals surface area contributed by atoms with Crippen molar-refractivity contribution in [2.45, 2.75) is 6.92 Å². The summed E-state index contributed by atoms with van der Waals surface area (Å²) in [6, 6.07) is 16.8. The monoisotopic (exact) mass is 380 g/mol. The van der Waals surface area contributed by atoms with Crippen LogP contribution in [-0.4, -0.2) is 15.7 Å². The average molecular weight is 381 g/mol. The lowest BCUT2D eigenvalue weighted by Crippen LogP contribution is -2.14. The van der Waals surface area contributed by atoms with Crippen LogP contribution < -0.4 is 5.32 Å². The van der Waals surface area contributed by atoms with Crippen molar-refractivity contribution in [3.8, 4) is 11.8 Å². The fourth-order valence-electron chi connectivity index (χ4n) is 2.46. The van der Waals surface area contributed by atoms with Crippen LogP contribution in [0.5, 0.6) is 0 Å². The Hall–Kier alpha value is -3.43. The lowest BCUT2D eigenvalue weighted by Gasteiger charge is -2.05. The number of nitriles is 1. The van der Waals surface area contributed by atoms with Gasteiger partial charge in [-0.1, -0.05) is 41.9 Å². The normalized spacial score (nSPS) is 11.1. The molecule has 0 fully saturated rings. The van der Waals surface area contributed by atoms with Crippen molar-refractivity contribution in [3.63, 3.8) is 0 Å². The van der Waals surface area contributed by atoms with Crippen LogP contribution >= 0.6 is 11.6 Å². The van der Waals surface area contributed by atoms with Gasteiger partial charge in [0.05, 0.1) is 17.1 Å². The van der Waals surface area contributed by atoms with Gasteiger partial charge in [0.15, 0.2) is 0 Å². The van der Waals surface area contributed by atoms with Crippen LogP contribution in [0.1, 0.15) is 11.3 Å². The summed E-state index contributed by atoms with van der Waals surface area (Å²) < 4.78 is 15.2. The van der Waals surface area contributed by atoms with E-state index in [0.717, 1.165) is 5.69 Å². The third-order valence-electron chi connectivity index (χ3n) is 3.82. The maximum atomic E-state index is 13.7. The number of nitrogens with zero attached hydrogens (tertiary/aromatic N) is 3. The molecule has 0 unspecified atom stereocenters. The molecular weight excluding hydrogens is 367 g/mol. The van der Waals surface area contributed by atoms with Gasteiger partial charge in [0, 0.05) is 5.56 Å². The number of nitrogens with one attached hydrogen (secondary N) is 1. The minimum absolute atomic E-state index is 0.00792. The zero-order valence-electron chi connectivity index (χ0n) is 14.3. The van der Waals surface area contributed by atoms with E-state index in [-0.39, 0.29) is 16.4 Å². The third kappa shape index (κ3) is 3.89. The fourth-order valence-corrected chi connectivity index (χ4v) is 2.79. The first-order valence-corrected chi connectivity index (χ1v) is 8.37. The summed E-state index contributed by atoms with van der Waals surface area (Å²) in [5.74, 6) is -1.32. The molecule has 134 valence electrons. The van der Waals surface area contributed by atoms with E-state index in [2.05, 4.69) is 10.4 Å². The summed E-state index contributed by atoms with van der Waals surface area (Å²) in [6.45, 7) is 1.72. The van der Waals surface area contributed by atoms with Crippen LogP contribution in [0, 0.1) is 24.1 Å². The van der Waals surface area contributed by atoms with E-state index in [4.69, 9.17) is 11.6 Å². The summed E-state index contributed by atoms with van der Waals surface area (Å²) >= 11 is 6.41. The number of aromatic nitrogens is 2. The molecule has 2 aromatic carbocycles. The van der Waals surface area contributed by atoms with E-state index < -0.39 is 11.7 Å². The Morgan fingerprint density at radius 2 is 1.89 bits per heavy atom. The summed E-state index contributed by atoms with van der Waals surface area (Å²) in [7, 11) is 0. The summed E-state index contributed by atoms with van der Waals surface area (Å²) in [5.41, 5.74) is 1.53. The Morgan fingerprint density at radius 1 is 1.22 bits per heavy atom. The van der Waals surface area contributed by atoms with E-state index >= 15 is 0 Å². The number of hydrogen-bond donors (Lipinski definition) is 1. The smallest absolute Gasteiger partial charge is 0.266 e. The lowest BCUT2D eigenvalue weighted by atomic mass is 10.1. The minimum Gasteiger partial charge on any atom is -0.319 e. The van der Waals surface area contributed by atoms with Gasteiger partial charge in [-0.05, 0) is 37.3 Å². The quantitative estimate of drug-likeness (QED) is 0.534. The molecule has 27 heavy (non-hydrogen) atoms. The molecule has 0 spiro atoms. The Kier molecular flexibility index (Phi) is 5.34. The fraction of sp³-hybridized carbons (Fsp3) is 0.0500. The first-order chi connectivity index (χ1) is 13.0. The summed E-state index contributed by atoms with van der Waals surface area (Å²) in [5, 5.41) is 16.4. The second-order valence-corrected chi connectivity index (χ2v) is 6.00. The maximum Gasteiger partial charge on any atom is 0.266 e. The predicted octanol–water partition coefficient (Wildman–Crippen LogP) is 4.52. The molecule has 3 aromatic rings. The molecule has 0 saturated heterocycles. The number of rotatable bonds is 4. The van der Waals surface area contributed by atoms with Crippen LogP contribution in [0.4, 0.5) is 10.1 Å². The Morgan fingerprint density at radius 3 is 2.56 bits per heavy atom. The standard InChI is InChI=1S/C20H14ClFN4O/c1-13-16(19(21)26(25-13)15-7-3-2-4-8-15)11-14(12-23)20(27)24-18-10-6-5-9-17(18)22/h2-11H,1H3,(H,24,27)/b14-11+. The number of benzene rings is 2. The molecule has 0 aliphatic heterocycles. The van der Waals surface area contributed by atoms with Gasteiger partial charge in [0.1, 0.15) is 22.6 Å². The molecule has 0 atom stereocenters. The molecule has 3 rings (SSSR count). The number of para-hydroxylation sites is 2. The highest BCUT2D eigenvalue weighted by atomic mass is 35.5. The van der Waals surface area contributed by atoms with Gasteiger partial charge in [0.25, 0.3) is 5.91 Å². The summed E-state index contributed by atoms with van der Waals surface area (Å²) in [6.07, 6.45) is 1.35. The highest BCUT2D eigenvalue weighted by Gasteiger charge is 2.17. The topological polar surface area (TPSA) is 70.7 Å². The van der Waals surface area contributed by atoms with Crippen molar-refractivity contribution in [3.05, 3.63) is 82.4 Å². The van der Waals surface area contributed by atoms with Crippen molar-refractivity contribution >= 4 is 29.3 Å². The molecule has 1 heterocycles. The molecule has 1 amide bonds. The van der Waals surface area contributed by atoms with Crippen LogP contribution in [0.25, 0.3) is 11.8 Å². The van der Waals surface area contributed by atoms with Gasteiger partial charge in [-0.3, -0.25) is 4.79 Å². The van der Waals surface area contributed by atoms with Gasteiger partial charge >= 0.3 is 0 Å². The van der Waals surface area contributed by atoms with Crippen LogP contribution in [-0.2, 0) is 4.79 Å². The van der Waals surface area contributed by atoms with Crippen molar-refractivity contribution < 1.29 is 9.18 Å². The molecular formula is C20H14ClFN4O. The number of anilines is 1. The molecule has 7 heteroatoms. The van der Waals surface area contributed by atoms with Gasteiger partial charge < -0.3 is 5.32 Å². The van der Waals surface area contributed by atoms with Crippen LogP contribution in [0.3, 0.4) is 0 Å². The number of aryl methyl sites for hydroxylation is 1. The zero-order chi connectivity index (χ0) is 19.4.